The third-order valence-electron chi connectivity index (χ3n) is 4.47. The Bertz CT molecular complexity index is 939. The van der Waals surface area contributed by atoms with Crippen molar-refractivity contribution in [2.75, 3.05) is 34.9 Å². The summed E-state index contributed by atoms with van der Waals surface area (Å²) in [5.74, 6) is 1.25. The van der Waals surface area contributed by atoms with Crippen molar-refractivity contribution in [1.82, 2.24) is 15.2 Å². The standard InChI is InChI=1S/C20H23N3O3S/c1-23(2)16(13-6-8-17(25-3)18(9-13)26-4)11-21-20(24)14-5-7-15-19(10-14)27-12-22-15/h5-10,12,16H,11H2,1-4H3,(H,21,24)/t16-/m1/s1. The average molecular weight is 385 g/mol. The van der Waals surface area contributed by atoms with Crippen LogP contribution in [0.2, 0.25) is 0 Å². The first-order valence-electron chi connectivity index (χ1n) is 8.53. The fourth-order valence-corrected chi connectivity index (χ4v) is 3.66. The number of amides is 1. The summed E-state index contributed by atoms with van der Waals surface area (Å²) in [6.45, 7) is 0.474. The molecule has 0 bridgehead atoms. The molecule has 0 aliphatic rings. The number of methoxy groups -OCH3 is 2. The molecule has 1 aromatic heterocycles. The third-order valence-corrected chi connectivity index (χ3v) is 5.26. The highest BCUT2D eigenvalue weighted by Crippen LogP contribution is 2.31. The van der Waals surface area contributed by atoms with E-state index in [9.17, 15) is 4.79 Å². The van der Waals surface area contributed by atoms with Crippen LogP contribution in [0.3, 0.4) is 0 Å². The van der Waals surface area contributed by atoms with Crippen LogP contribution in [0.25, 0.3) is 10.2 Å². The van der Waals surface area contributed by atoms with Gasteiger partial charge in [-0.1, -0.05) is 6.07 Å². The van der Waals surface area contributed by atoms with Crippen LogP contribution in [0, 0.1) is 0 Å². The topological polar surface area (TPSA) is 63.7 Å². The molecule has 0 aliphatic carbocycles. The molecule has 0 spiro atoms. The van der Waals surface area contributed by atoms with E-state index in [0.717, 1.165) is 15.8 Å². The molecule has 2 aromatic carbocycles. The highest BCUT2D eigenvalue weighted by Gasteiger charge is 2.18. The highest BCUT2D eigenvalue weighted by molar-refractivity contribution is 7.16. The van der Waals surface area contributed by atoms with Crippen LogP contribution in [-0.2, 0) is 0 Å². The number of nitrogens with zero attached hydrogens (tertiary/aromatic N) is 2. The number of carbonyl (C=O) groups excluding carboxylic acids is 1. The van der Waals surface area contributed by atoms with E-state index in [1.807, 2.05) is 44.4 Å². The molecular weight excluding hydrogens is 362 g/mol. The lowest BCUT2D eigenvalue weighted by Crippen LogP contribution is -2.34. The van der Waals surface area contributed by atoms with Crippen molar-refractivity contribution in [2.45, 2.75) is 6.04 Å². The Morgan fingerprint density at radius 2 is 1.93 bits per heavy atom. The number of likely N-dealkylation sites (N-methyl/N-ethyl adjacent to an activating group) is 1. The SMILES string of the molecule is COc1ccc([C@@H](CNC(=O)c2ccc3ncsc3c2)N(C)C)cc1OC. The van der Waals surface area contributed by atoms with Crippen molar-refractivity contribution in [3.63, 3.8) is 0 Å². The molecule has 7 heteroatoms. The molecule has 142 valence electrons. The third kappa shape index (κ3) is 4.20. The van der Waals surface area contributed by atoms with E-state index in [1.54, 1.807) is 25.8 Å². The summed E-state index contributed by atoms with van der Waals surface area (Å²) in [6.07, 6.45) is 0. The number of fused-ring (bicyclic) bond motifs is 1. The van der Waals surface area contributed by atoms with Crippen molar-refractivity contribution in [3.8, 4) is 11.5 Å². The van der Waals surface area contributed by atoms with Crippen LogP contribution in [-0.4, -0.2) is 50.7 Å². The molecule has 3 rings (SSSR count). The summed E-state index contributed by atoms with van der Waals surface area (Å²) in [5, 5.41) is 3.03. The van der Waals surface area contributed by atoms with E-state index < -0.39 is 0 Å². The second-order valence-corrected chi connectivity index (χ2v) is 7.23. The van der Waals surface area contributed by atoms with Gasteiger partial charge < -0.3 is 19.7 Å². The number of benzene rings is 2. The maximum Gasteiger partial charge on any atom is 0.251 e. The monoisotopic (exact) mass is 385 g/mol. The molecular formula is C20H23N3O3S. The summed E-state index contributed by atoms with van der Waals surface area (Å²) < 4.78 is 11.7. The van der Waals surface area contributed by atoms with Crippen molar-refractivity contribution in [2.24, 2.45) is 0 Å². The molecule has 0 unspecified atom stereocenters. The first-order valence-corrected chi connectivity index (χ1v) is 9.41. The second kappa shape index (κ2) is 8.37. The Balaban J connectivity index is 1.75. The molecule has 0 saturated carbocycles. The zero-order valence-electron chi connectivity index (χ0n) is 15.9. The predicted molar refractivity (Wildman–Crippen MR) is 108 cm³/mol. The minimum Gasteiger partial charge on any atom is -0.493 e. The maximum absolute atomic E-state index is 12.6. The maximum atomic E-state index is 12.6. The number of hydrogen-bond acceptors (Lipinski definition) is 6. The summed E-state index contributed by atoms with van der Waals surface area (Å²) in [7, 11) is 7.19. The van der Waals surface area contributed by atoms with E-state index in [-0.39, 0.29) is 11.9 Å². The van der Waals surface area contributed by atoms with Gasteiger partial charge in [-0.05, 0) is 50.0 Å². The van der Waals surface area contributed by atoms with E-state index in [1.165, 1.54) is 11.3 Å². The lowest BCUT2D eigenvalue weighted by Gasteiger charge is -2.26. The van der Waals surface area contributed by atoms with Crippen LogP contribution in [0.1, 0.15) is 22.0 Å². The summed E-state index contributed by atoms with van der Waals surface area (Å²) in [5.41, 5.74) is 4.37. The number of aromatic nitrogens is 1. The van der Waals surface area contributed by atoms with Crippen molar-refractivity contribution in [1.29, 1.82) is 0 Å². The van der Waals surface area contributed by atoms with Crippen LogP contribution in [0.15, 0.2) is 41.9 Å². The summed E-state index contributed by atoms with van der Waals surface area (Å²) in [4.78, 5) is 18.9. The highest BCUT2D eigenvalue weighted by atomic mass is 32.1. The first-order chi connectivity index (χ1) is 13.0. The Labute approximate surface area is 162 Å². The molecule has 1 atom stereocenters. The largest absolute Gasteiger partial charge is 0.493 e. The zero-order chi connectivity index (χ0) is 19.4. The van der Waals surface area contributed by atoms with Crippen molar-refractivity contribution in [3.05, 3.63) is 53.0 Å². The fourth-order valence-electron chi connectivity index (χ4n) is 2.95. The molecule has 1 amide bonds. The minimum atomic E-state index is -0.0994. The zero-order valence-corrected chi connectivity index (χ0v) is 16.7. The van der Waals surface area contributed by atoms with Gasteiger partial charge >= 0.3 is 0 Å². The van der Waals surface area contributed by atoms with E-state index in [4.69, 9.17) is 9.47 Å². The van der Waals surface area contributed by atoms with Crippen molar-refractivity contribution < 1.29 is 14.3 Å². The summed E-state index contributed by atoms with van der Waals surface area (Å²) >= 11 is 1.53. The lowest BCUT2D eigenvalue weighted by molar-refractivity contribution is 0.0942. The van der Waals surface area contributed by atoms with Gasteiger partial charge in [-0.15, -0.1) is 11.3 Å². The molecule has 3 aromatic rings. The van der Waals surface area contributed by atoms with Gasteiger partial charge in [0.25, 0.3) is 5.91 Å². The molecule has 27 heavy (non-hydrogen) atoms. The van der Waals surface area contributed by atoms with Crippen LogP contribution in [0.5, 0.6) is 11.5 Å². The minimum absolute atomic E-state index is 0.000826. The molecule has 0 aliphatic heterocycles. The average Bonchev–Trinajstić information content (AvgIpc) is 3.15. The Hall–Kier alpha value is -2.64. The molecule has 1 N–H and O–H groups in total. The predicted octanol–water partition coefficient (Wildman–Crippen LogP) is 3.35. The smallest absolute Gasteiger partial charge is 0.251 e. The Kier molecular flexibility index (Phi) is 5.93. The number of nitrogens with one attached hydrogen (secondary N) is 1. The van der Waals surface area contributed by atoms with Gasteiger partial charge in [0.15, 0.2) is 11.5 Å². The number of ether oxygens (including phenoxy) is 2. The van der Waals surface area contributed by atoms with Gasteiger partial charge in [-0.25, -0.2) is 4.98 Å². The molecule has 1 heterocycles. The van der Waals surface area contributed by atoms with Gasteiger partial charge in [-0.3, -0.25) is 4.79 Å². The van der Waals surface area contributed by atoms with E-state index in [0.29, 0.717) is 23.6 Å². The van der Waals surface area contributed by atoms with Crippen LogP contribution < -0.4 is 14.8 Å². The van der Waals surface area contributed by atoms with Gasteiger partial charge in [0.2, 0.25) is 0 Å². The van der Waals surface area contributed by atoms with Crippen LogP contribution >= 0.6 is 11.3 Å². The van der Waals surface area contributed by atoms with E-state index in [2.05, 4.69) is 15.2 Å². The quantitative estimate of drug-likeness (QED) is 0.676. The van der Waals surface area contributed by atoms with Gasteiger partial charge in [0, 0.05) is 12.1 Å². The molecule has 0 fully saturated rings. The normalized spacial score (nSPS) is 12.2. The Morgan fingerprint density at radius 1 is 1.15 bits per heavy atom. The van der Waals surface area contributed by atoms with Crippen molar-refractivity contribution >= 4 is 27.5 Å². The number of carbonyl (C=O) groups is 1. The van der Waals surface area contributed by atoms with Gasteiger partial charge in [-0.2, -0.15) is 0 Å². The van der Waals surface area contributed by atoms with Gasteiger partial charge in [0.05, 0.1) is 36.0 Å². The summed E-state index contributed by atoms with van der Waals surface area (Å²) in [6, 6.07) is 11.4. The first kappa shape index (κ1) is 19.1. The molecule has 6 nitrogen and oxygen atoms in total. The molecule has 0 radical (unpaired) electrons. The number of rotatable bonds is 7. The fraction of sp³-hybridized carbons (Fsp3) is 0.300. The van der Waals surface area contributed by atoms with E-state index >= 15 is 0 Å². The van der Waals surface area contributed by atoms with Crippen LogP contribution in [0.4, 0.5) is 0 Å². The lowest BCUT2D eigenvalue weighted by atomic mass is 10.0. The number of hydrogen-bond donors (Lipinski definition) is 1. The molecule has 0 saturated heterocycles. The Morgan fingerprint density at radius 3 is 2.63 bits per heavy atom. The van der Waals surface area contributed by atoms with Gasteiger partial charge in [0.1, 0.15) is 0 Å². The number of thiazole rings is 1. The second-order valence-electron chi connectivity index (χ2n) is 6.34.